The first kappa shape index (κ1) is 19.7. The number of likely N-dealkylation sites (tertiary alicyclic amines) is 1. The number of alkyl halides is 3. The molecule has 0 radical (unpaired) electrons. The van der Waals surface area contributed by atoms with Gasteiger partial charge in [0.1, 0.15) is 23.1 Å². The van der Waals surface area contributed by atoms with Gasteiger partial charge in [-0.15, -0.1) is 0 Å². The number of benzene rings is 1. The number of hydrogen-bond acceptors (Lipinski definition) is 5. The molecule has 1 aromatic carbocycles. The minimum absolute atomic E-state index is 0.00762. The highest BCUT2D eigenvalue weighted by molar-refractivity contribution is 6.30. The van der Waals surface area contributed by atoms with Crippen LogP contribution >= 0.6 is 11.6 Å². The van der Waals surface area contributed by atoms with Crippen LogP contribution in [0.25, 0.3) is 0 Å². The van der Waals surface area contributed by atoms with E-state index in [0.717, 1.165) is 25.4 Å². The number of nitrogens with one attached hydrogen (secondary N) is 1. The SMILES string of the molecule is FC(F)(F)c1cnc(Nc2ccc(OCCN3CCCCC3)cc2)nc1Cl. The Balaban J connectivity index is 1.52. The fourth-order valence-corrected chi connectivity index (χ4v) is 3.09. The third kappa shape index (κ3) is 5.71. The normalized spacial score (nSPS) is 15.6. The molecular formula is C18H20ClF3N4O. The van der Waals surface area contributed by atoms with E-state index in [2.05, 4.69) is 20.2 Å². The average Bonchev–Trinajstić information content (AvgIpc) is 2.63. The Morgan fingerprint density at radius 3 is 2.44 bits per heavy atom. The summed E-state index contributed by atoms with van der Waals surface area (Å²) >= 11 is 5.59. The predicted molar refractivity (Wildman–Crippen MR) is 97.6 cm³/mol. The average molecular weight is 401 g/mol. The van der Waals surface area contributed by atoms with Gasteiger partial charge in [0.2, 0.25) is 5.95 Å². The molecule has 0 saturated carbocycles. The summed E-state index contributed by atoms with van der Waals surface area (Å²) in [5.74, 6) is 0.718. The summed E-state index contributed by atoms with van der Waals surface area (Å²) in [7, 11) is 0. The van der Waals surface area contributed by atoms with E-state index in [1.807, 2.05) is 0 Å². The van der Waals surface area contributed by atoms with Gasteiger partial charge in [-0.25, -0.2) is 9.97 Å². The molecule has 9 heteroatoms. The first-order valence-corrected chi connectivity index (χ1v) is 9.11. The molecule has 1 aliphatic rings. The molecule has 2 aromatic rings. The lowest BCUT2D eigenvalue weighted by atomic mass is 10.1. The van der Waals surface area contributed by atoms with Crippen LogP contribution in [0, 0.1) is 0 Å². The number of hydrogen-bond donors (Lipinski definition) is 1. The molecule has 1 saturated heterocycles. The Bertz CT molecular complexity index is 749. The number of halogens is 4. The van der Waals surface area contributed by atoms with Gasteiger partial charge in [0.05, 0.1) is 0 Å². The lowest BCUT2D eigenvalue weighted by Crippen LogP contribution is -2.33. The Labute approximate surface area is 160 Å². The van der Waals surface area contributed by atoms with Crippen LogP contribution in [0.15, 0.2) is 30.5 Å². The van der Waals surface area contributed by atoms with Crippen LogP contribution < -0.4 is 10.1 Å². The van der Waals surface area contributed by atoms with Gasteiger partial charge < -0.3 is 10.1 Å². The molecule has 1 aromatic heterocycles. The van der Waals surface area contributed by atoms with Gasteiger partial charge in [-0.05, 0) is 50.2 Å². The zero-order valence-electron chi connectivity index (χ0n) is 14.6. The van der Waals surface area contributed by atoms with Crippen LogP contribution in [0.5, 0.6) is 5.75 Å². The number of piperidine rings is 1. The standard InChI is InChI=1S/C18H20ClF3N4O/c19-16-15(18(20,21)22)12-23-17(25-16)24-13-4-6-14(7-5-13)27-11-10-26-8-2-1-3-9-26/h4-7,12H,1-3,8-11H2,(H,23,24,25). The monoisotopic (exact) mass is 400 g/mol. The van der Waals surface area contributed by atoms with Crippen molar-refractivity contribution in [3.63, 3.8) is 0 Å². The third-order valence-electron chi connectivity index (χ3n) is 4.28. The molecule has 27 heavy (non-hydrogen) atoms. The maximum atomic E-state index is 12.7. The van der Waals surface area contributed by atoms with Gasteiger partial charge in [0.15, 0.2) is 0 Å². The van der Waals surface area contributed by atoms with Crippen LogP contribution in [0.3, 0.4) is 0 Å². The van der Waals surface area contributed by atoms with Crippen molar-refractivity contribution < 1.29 is 17.9 Å². The fourth-order valence-electron chi connectivity index (χ4n) is 2.85. The molecule has 1 N–H and O–H groups in total. The number of rotatable bonds is 6. The van der Waals surface area contributed by atoms with Crippen molar-refractivity contribution in [3.05, 3.63) is 41.2 Å². The van der Waals surface area contributed by atoms with E-state index in [1.54, 1.807) is 24.3 Å². The van der Waals surface area contributed by atoms with Gasteiger partial charge in [0, 0.05) is 18.4 Å². The second kappa shape index (κ2) is 8.75. The van der Waals surface area contributed by atoms with Crippen molar-refractivity contribution in [3.8, 4) is 5.75 Å². The van der Waals surface area contributed by atoms with E-state index in [0.29, 0.717) is 18.5 Å². The van der Waals surface area contributed by atoms with E-state index in [9.17, 15) is 13.2 Å². The maximum absolute atomic E-state index is 12.7. The number of nitrogens with zero attached hydrogens (tertiary/aromatic N) is 3. The number of anilines is 2. The molecular weight excluding hydrogens is 381 g/mol. The minimum atomic E-state index is -4.58. The lowest BCUT2D eigenvalue weighted by molar-refractivity contribution is -0.137. The molecule has 0 bridgehead atoms. The Kier molecular flexibility index (Phi) is 6.38. The van der Waals surface area contributed by atoms with E-state index < -0.39 is 16.9 Å². The highest BCUT2D eigenvalue weighted by atomic mass is 35.5. The summed E-state index contributed by atoms with van der Waals surface area (Å²) < 4.78 is 43.8. The van der Waals surface area contributed by atoms with Crippen molar-refractivity contribution in [2.24, 2.45) is 0 Å². The molecule has 3 rings (SSSR count). The van der Waals surface area contributed by atoms with E-state index >= 15 is 0 Å². The highest BCUT2D eigenvalue weighted by Gasteiger charge is 2.34. The summed E-state index contributed by atoms with van der Waals surface area (Å²) in [5.41, 5.74) is -0.443. The first-order chi connectivity index (χ1) is 12.9. The van der Waals surface area contributed by atoms with Gasteiger partial charge in [-0.2, -0.15) is 13.2 Å². The molecule has 0 unspecified atom stereocenters. The van der Waals surface area contributed by atoms with Crippen LogP contribution in [0.4, 0.5) is 24.8 Å². The van der Waals surface area contributed by atoms with Gasteiger partial charge in [-0.3, -0.25) is 4.90 Å². The van der Waals surface area contributed by atoms with Crippen LogP contribution in [-0.2, 0) is 6.18 Å². The second-order valence-corrected chi connectivity index (χ2v) is 6.65. The first-order valence-electron chi connectivity index (χ1n) is 8.74. The molecule has 0 amide bonds. The zero-order chi connectivity index (χ0) is 19.3. The van der Waals surface area contributed by atoms with Gasteiger partial charge in [0.25, 0.3) is 0 Å². The molecule has 1 aliphatic heterocycles. The van der Waals surface area contributed by atoms with Crippen LogP contribution in [0.1, 0.15) is 24.8 Å². The van der Waals surface area contributed by atoms with E-state index in [1.165, 1.54) is 19.3 Å². The lowest BCUT2D eigenvalue weighted by Gasteiger charge is -2.26. The fraction of sp³-hybridized carbons (Fsp3) is 0.444. The largest absolute Gasteiger partial charge is 0.492 e. The van der Waals surface area contributed by atoms with Crippen molar-refractivity contribution in [1.29, 1.82) is 0 Å². The summed E-state index contributed by atoms with van der Waals surface area (Å²) in [6.07, 6.45) is -0.120. The summed E-state index contributed by atoms with van der Waals surface area (Å²) in [6.45, 7) is 3.77. The Morgan fingerprint density at radius 1 is 1.11 bits per heavy atom. The van der Waals surface area contributed by atoms with Gasteiger partial charge in [-0.1, -0.05) is 18.0 Å². The van der Waals surface area contributed by atoms with Crippen molar-refractivity contribution in [2.45, 2.75) is 25.4 Å². The third-order valence-corrected chi connectivity index (χ3v) is 4.57. The highest BCUT2D eigenvalue weighted by Crippen LogP contribution is 2.33. The second-order valence-electron chi connectivity index (χ2n) is 6.30. The van der Waals surface area contributed by atoms with Crippen molar-refractivity contribution in [2.75, 3.05) is 31.6 Å². The number of ether oxygens (including phenoxy) is 1. The molecule has 146 valence electrons. The number of aromatic nitrogens is 2. The quantitative estimate of drug-likeness (QED) is 0.709. The summed E-state index contributed by atoms with van der Waals surface area (Å²) in [4.78, 5) is 9.70. The zero-order valence-corrected chi connectivity index (χ0v) is 15.4. The molecule has 1 fully saturated rings. The van der Waals surface area contributed by atoms with E-state index in [-0.39, 0.29) is 5.95 Å². The van der Waals surface area contributed by atoms with E-state index in [4.69, 9.17) is 16.3 Å². The topological polar surface area (TPSA) is 50.3 Å². The molecule has 2 heterocycles. The van der Waals surface area contributed by atoms with Crippen molar-refractivity contribution >= 4 is 23.2 Å². The molecule has 0 spiro atoms. The van der Waals surface area contributed by atoms with Crippen molar-refractivity contribution in [1.82, 2.24) is 14.9 Å². The summed E-state index contributed by atoms with van der Waals surface area (Å²) in [6, 6.07) is 7.05. The maximum Gasteiger partial charge on any atom is 0.420 e. The van der Waals surface area contributed by atoms with Crippen LogP contribution in [-0.4, -0.2) is 41.1 Å². The predicted octanol–water partition coefficient (Wildman–Crippen LogP) is 4.76. The van der Waals surface area contributed by atoms with Crippen LogP contribution in [0.2, 0.25) is 5.15 Å². The molecule has 0 aliphatic carbocycles. The smallest absolute Gasteiger partial charge is 0.420 e. The Morgan fingerprint density at radius 2 is 1.81 bits per heavy atom. The summed E-state index contributed by atoms with van der Waals surface area (Å²) in [5, 5.41) is 2.18. The Hall–Kier alpha value is -2.06. The minimum Gasteiger partial charge on any atom is -0.492 e. The molecule has 0 atom stereocenters. The molecule has 5 nitrogen and oxygen atoms in total. The van der Waals surface area contributed by atoms with Gasteiger partial charge >= 0.3 is 6.18 Å².